The molecule has 1 unspecified atom stereocenters. The maximum Gasteiger partial charge on any atom is 0.220 e. The van der Waals surface area contributed by atoms with Crippen molar-refractivity contribution in [3.05, 3.63) is 51.7 Å². The van der Waals surface area contributed by atoms with Crippen LogP contribution < -0.4 is 10.1 Å². The molecule has 2 aromatic rings. The molecule has 0 aliphatic rings. The van der Waals surface area contributed by atoms with Gasteiger partial charge in [-0.2, -0.15) is 0 Å². The van der Waals surface area contributed by atoms with E-state index in [0.29, 0.717) is 6.54 Å². The van der Waals surface area contributed by atoms with Crippen molar-refractivity contribution in [3.63, 3.8) is 0 Å². The molecule has 1 N–H and O–H groups in total. The molecule has 140 valence electrons. The molecule has 1 amide bonds. The largest absolute Gasteiger partial charge is 0.497 e. The van der Waals surface area contributed by atoms with Crippen molar-refractivity contribution in [1.29, 1.82) is 0 Å². The van der Waals surface area contributed by atoms with E-state index in [4.69, 9.17) is 4.74 Å². The van der Waals surface area contributed by atoms with E-state index in [-0.39, 0.29) is 30.6 Å². The lowest BCUT2D eigenvalue weighted by Gasteiger charge is -2.25. The predicted octanol–water partition coefficient (Wildman–Crippen LogP) is 3.45. The molecule has 0 aliphatic carbocycles. The fourth-order valence-corrected chi connectivity index (χ4v) is 3.52. The summed E-state index contributed by atoms with van der Waals surface area (Å²) in [5, 5.41) is 2.94. The van der Waals surface area contributed by atoms with Crippen LogP contribution >= 0.6 is 11.3 Å². The summed E-state index contributed by atoms with van der Waals surface area (Å²) in [6, 6.07) is 11.6. The number of thiophene rings is 1. The Balaban J connectivity index is 1.88. The van der Waals surface area contributed by atoms with Gasteiger partial charge in [0.1, 0.15) is 5.75 Å². The van der Waals surface area contributed by atoms with Crippen LogP contribution in [0.5, 0.6) is 5.75 Å². The Morgan fingerprint density at radius 3 is 2.58 bits per heavy atom. The molecule has 0 radical (unpaired) electrons. The van der Waals surface area contributed by atoms with Crippen molar-refractivity contribution in [2.24, 2.45) is 0 Å². The summed E-state index contributed by atoms with van der Waals surface area (Å²) in [6.07, 6.45) is 0.436. The molecular formula is C20H26N2O3S. The number of nitrogens with zero attached hydrogens (tertiary/aromatic N) is 1. The molecule has 26 heavy (non-hydrogen) atoms. The molecule has 0 bridgehead atoms. The Kier molecular flexibility index (Phi) is 7.36. The monoisotopic (exact) mass is 374 g/mol. The van der Waals surface area contributed by atoms with Gasteiger partial charge in [-0.1, -0.05) is 12.1 Å². The Morgan fingerprint density at radius 1 is 1.19 bits per heavy atom. The molecule has 0 saturated heterocycles. The molecule has 2 rings (SSSR count). The van der Waals surface area contributed by atoms with E-state index >= 15 is 0 Å². The third-order valence-corrected chi connectivity index (χ3v) is 5.23. The van der Waals surface area contributed by atoms with E-state index in [0.717, 1.165) is 21.1 Å². The van der Waals surface area contributed by atoms with Gasteiger partial charge in [0.05, 0.1) is 18.0 Å². The number of nitrogens with one attached hydrogen (secondary N) is 1. The smallest absolute Gasteiger partial charge is 0.220 e. The second-order valence-corrected chi connectivity index (χ2v) is 7.68. The number of carbonyl (C=O) groups is 2. The average Bonchev–Trinajstić information content (AvgIpc) is 3.06. The van der Waals surface area contributed by atoms with Gasteiger partial charge in [0.25, 0.3) is 0 Å². The van der Waals surface area contributed by atoms with Gasteiger partial charge < -0.3 is 15.0 Å². The van der Waals surface area contributed by atoms with Crippen molar-refractivity contribution in [2.45, 2.75) is 25.8 Å². The number of amides is 1. The topological polar surface area (TPSA) is 58.6 Å². The Morgan fingerprint density at radius 2 is 1.96 bits per heavy atom. The van der Waals surface area contributed by atoms with Gasteiger partial charge in [-0.05, 0) is 50.8 Å². The summed E-state index contributed by atoms with van der Waals surface area (Å²) in [5.41, 5.74) is 1.07. The Hall–Kier alpha value is -2.18. The maximum atomic E-state index is 12.2. The summed E-state index contributed by atoms with van der Waals surface area (Å²) in [6.45, 7) is 2.44. The minimum Gasteiger partial charge on any atom is -0.497 e. The number of likely N-dealkylation sites (N-methyl/N-ethyl adjacent to an activating group) is 1. The fraction of sp³-hybridized carbons (Fsp3) is 0.400. The van der Waals surface area contributed by atoms with E-state index < -0.39 is 0 Å². The Labute approximate surface area is 159 Å². The van der Waals surface area contributed by atoms with Crippen LogP contribution in [0.1, 0.15) is 39.0 Å². The molecule has 1 aromatic heterocycles. The number of carbonyl (C=O) groups excluding carboxylic acids is 2. The fourth-order valence-electron chi connectivity index (χ4n) is 2.68. The summed E-state index contributed by atoms with van der Waals surface area (Å²) in [4.78, 5) is 28.1. The minimum atomic E-state index is -0.110. The van der Waals surface area contributed by atoms with Crippen molar-refractivity contribution in [2.75, 3.05) is 27.7 Å². The van der Waals surface area contributed by atoms with Crippen molar-refractivity contribution in [1.82, 2.24) is 10.2 Å². The lowest BCUT2D eigenvalue weighted by molar-refractivity contribution is -0.121. The molecule has 1 atom stereocenters. The highest BCUT2D eigenvalue weighted by Gasteiger charge is 2.17. The van der Waals surface area contributed by atoms with E-state index in [9.17, 15) is 9.59 Å². The number of benzene rings is 1. The highest BCUT2D eigenvalue weighted by atomic mass is 32.1. The van der Waals surface area contributed by atoms with Crippen LogP contribution in [0.25, 0.3) is 0 Å². The van der Waals surface area contributed by atoms with Crippen molar-refractivity contribution in [3.8, 4) is 5.75 Å². The van der Waals surface area contributed by atoms with Crippen LogP contribution in [-0.2, 0) is 4.79 Å². The zero-order valence-electron chi connectivity index (χ0n) is 15.7. The summed E-state index contributed by atoms with van der Waals surface area (Å²) < 4.78 is 5.28. The van der Waals surface area contributed by atoms with Crippen LogP contribution in [0.4, 0.5) is 0 Å². The van der Waals surface area contributed by atoms with Gasteiger partial charge in [-0.3, -0.25) is 9.59 Å². The zero-order chi connectivity index (χ0) is 19.1. The summed E-state index contributed by atoms with van der Waals surface area (Å²) in [7, 11) is 5.58. The molecule has 5 nitrogen and oxygen atoms in total. The standard InChI is InChI=1S/C20H26N2O3S/c1-14-8-10-19(26-14)18(23)9-11-20(24)21-13-17(22(2)3)15-6-5-7-16(12-15)25-4/h5-8,10,12,17H,9,11,13H2,1-4H3,(H,21,24). The first-order valence-electron chi connectivity index (χ1n) is 8.57. The number of ketones is 1. The molecule has 0 saturated carbocycles. The van der Waals surface area contributed by atoms with Gasteiger partial charge in [-0.25, -0.2) is 0 Å². The number of rotatable bonds is 9. The minimum absolute atomic E-state index is 0.0233. The van der Waals surface area contributed by atoms with E-state index in [1.807, 2.05) is 57.4 Å². The number of methoxy groups -OCH3 is 1. The van der Waals surface area contributed by atoms with Gasteiger partial charge in [0, 0.05) is 24.3 Å². The highest BCUT2D eigenvalue weighted by Crippen LogP contribution is 2.22. The average molecular weight is 375 g/mol. The quantitative estimate of drug-likeness (QED) is 0.683. The van der Waals surface area contributed by atoms with E-state index in [2.05, 4.69) is 10.2 Å². The number of aryl methyl sites for hydroxylation is 1. The molecule has 1 heterocycles. The summed E-state index contributed by atoms with van der Waals surface area (Å²) in [5.74, 6) is 0.703. The number of Topliss-reactive ketones (excluding diaryl/α,β-unsaturated/α-hetero) is 1. The van der Waals surface area contributed by atoms with Crippen LogP contribution in [0, 0.1) is 6.92 Å². The Bertz CT molecular complexity index is 755. The normalized spacial score (nSPS) is 12.0. The maximum absolute atomic E-state index is 12.2. The predicted molar refractivity (Wildman–Crippen MR) is 105 cm³/mol. The van der Waals surface area contributed by atoms with Crippen molar-refractivity contribution < 1.29 is 14.3 Å². The van der Waals surface area contributed by atoms with Gasteiger partial charge >= 0.3 is 0 Å². The number of hydrogen-bond donors (Lipinski definition) is 1. The van der Waals surface area contributed by atoms with Gasteiger partial charge in [0.15, 0.2) is 5.78 Å². The second-order valence-electron chi connectivity index (χ2n) is 6.39. The van der Waals surface area contributed by atoms with Gasteiger partial charge in [0.2, 0.25) is 5.91 Å². The lowest BCUT2D eigenvalue weighted by Crippen LogP contribution is -2.34. The molecule has 0 aliphatic heterocycles. The van der Waals surface area contributed by atoms with Crippen LogP contribution in [0.2, 0.25) is 0 Å². The molecular weight excluding hydrogens is 348 g/mol. The van der Waals surface area contributed by atoms with E-state index in [1.54, 1.807) is 7.11 Å². The molecule has 0 spiro atoms. The number of ether oxygens (including phenoxy) is 1. The zero-order valence-corrected chi connectivity index (χ0v) is 16.6. The highest BCUT2D eigenvalue weighted by molar-refractivity contribution is 7.14. The van der Waals surface area contributed by atoms with Crippen LogP contribution in [0.3, 0.4) is 0 Å². The number of hydrogen-bond acceptors (Lipinski definition) is 5. The SMILES string of the molecule is COc1cccc(C(CNC(=O)CCC(=O)c2ccc(C)s2)N(C)C)c1. The first-order chi connectivity index (χ1) is 12.4. The molecule has 0 fully saturated rings. The van der Waals surface area contributed by atoms with Crippen molar-refractivity contribution >= 4 is 23.0 Å². The first-order valence-corrected chi connectivity index (χ1v) is 9.39. The molecule has 1 aromatic carbocycles. The molecule has 6 heteroatoms. The van der Waals surface area contributed by atoms with E-state index in [1.165, 1.54) is 11.3 Å². The van der Waals surface area contributed by atoms with Crippen LogP contribution in [-0.4, -0.2) is 44.3 Å². The first kappa shape index (κ1) is 20.1. The van der Waals surface area contributed by atoms with Gasteiger partial charge in [-0.15, -0.1) is 11.3 Å². The third-order valence-electron chi connectivity index (χ3n) is 4.19. The summed E-state index contributed by atoms with van der Waals surface area (Å²) >= 11 is 1.47. The third kappa shape index (κ3) is 5.68. The lowest BCUT2D eigenvalue weighted by atomic mass is 10.1. The second kappa shape index (κ2) is 9.50. The van der Waals surface area contributed by atoms with Crippen LogP contribution in [0.15, 0.2) is 36.4 Å².